The SMILES string of the molecule is O=[N+]([O-])c1ccc(Sc2ccc(N3C(=S)N[C@@H](c4ccccn4)[C@H]3c3cccn3-c3ccc([N+](=O)[O-])cc3)cc2)cc1. The number of thiocarbonyl (C=S) groups is 1. The van der Waals surface area contributed by atoms with Crippen LogP contribution in [0.2, 0.25) is 0 Å². The molecule has 0 bridgehead atoms. The molecule has 0 spiro atoms. The zero-order chi connectivity index (χ0) is 29.2. The summed E-state index contributed by atoms with van der Waals surface area (Å²) in [4.78, 5) is 29.9. The van der Waals surface area contributed by atoms with Crippen molar-refractivity contribution in [2.75, 3.05) is 4.90 Å². The van der Waals surface area contributed by atoms with E-state index in [1.54, 1.807) is 30.5 Å². The van der Waals surface area contributed by atoms with Crippen LogP contribution in [-0.4, -0.2) is 24.5 Å². The van der Waals surface area contributed by atoms with Gasteiger partial charge >= 0.3 is 0 Å². The average molecular weight is 595 g/mol. The molecule has 42 heavy (non-hydrogen) atoms. The highest BCUT2D eigenvalue weighted by atomic mass is 32.2. The monoisotopic (exact) mass is 594 g/mol. The normalized spacial score (nSPS) is 16.3. The lowest BCUT2D eigenvalue weighted by molar-refractivity contribution is -0.385. The highest BCUT2D eigenvalue weighted by Crippen LogP contribution is 2.43. The van der Waals surface area contributed by atoms with Crippen LogP contribution >= 0.6 is 24.0 Å². The summed E-state index contributed by atoms with van der Waals surface area (Å²) in [5.41, 5.74) is 3.49. The van der Waals surface area contributed by atoms with E-state index in [1.165, 1.54) is 36.0 Å². The van der Waals surface area contributed by atoms with Crippen LogP contribution in [-0.2, 0) is 0 Å². The summed E-state index contributed by atoms with van der Waals surface area (Å²) >= 11 is 7.38. The molecule has 10 nitrogen and oxygen atoms in total. The Morgan fingerprint density at radius 3 is 1.95 bits per heavy atom. The molecule has 2 aromatic heterocycles. The van der Waals surface area contributed by atoms with Gasteiger partial charge in [0.1, 0.15) is 6.04 Å². The molecule has 0 amide bonds. The number of hydrogen-bond acceptors (Lipinski definition) is 7. The highest BCUT2D eigenvalue weighted by Gasteiger charge is 2.42. The highest BCUT2D eigenvalue weighted by molar-refractivity contribution is 7.99. The lowest BCUT2D eigenvalue weighted by Gasteiger charge is -2.29. The first-order valence-corrected chi connectivity index (χ1v) is 14.1. The zero-order valence-electron chi connectivity index (χ0n) is 21.8. The fourth-order valence-electron chi connectivity index (χ4n) is 4.99. The topological polar surface area (TPSA) is 119 Å². The largest absolute Gasteiger partial charge is 0.351 e. The van der Waals surface area contributed by atoms with Gasteiger partial charge in [0.05, 0.1) is 21.6 Å². The predicted molar refractivity (Wildman–Crippen MR) is 164 cm³/mol. The Bertz CT molecular complexity index is 1760. The Labute approximate surface area is 249 Å². The van der Waals surface area contributed by atoms with Gasteiger partial charge in [0.15, 0.2) is 5.11 Å². The van der Waals surface area contributed by atoms with E-state index < -0.39 is 9.85 Å². The molecule has 0 aliphatic carbocycles. The molecule has 3 heterocycles. The van der Waals surface area contributed by atoms with Gasteiger partial charge in [-0.3, -0.25) is 25.2 Å². The van der Waals surface area contributed by atoms with E-state index >= 15 is 0 Å². The third kappa shape index (κ3) is 5.32. The van der Waals surface area contributed by atoms with Crippen LogP contribution in [0.1, 0.15) is 23.5 Å². The molecule has 0 radical (unpaired) electrons. The van der Waals surface area contributed by atoms with Gasteiger partial charge < -0.3 is 14.8 Å². The van der Waals surface area contributed by atoms with Gasteiger partial charge in [-0.25, -0.2) is 0 Å². The van der Waals surface area contributed by atoms with E-state index in [0.717, 1.165) is 32.6 Å². The Morgan fingerprint density at radius 1 is 0.762 bits per heavy atom. The van der Waals surface area contributed by atoms with E-state index in [2.05, 4.69) is 15.2 Å². The van der Waals surface area contributed by atoms with E-state index in [4.69, 9.17) is 12.2 Å². The number of aromatic nitrogens is 2. The zero-order valence-corrected chi connectivity index (χ0v) is 23.4. The third-order valence-electron chi connectivity index (χ3n) is 6.92. The lowest BCUT2D eigenvalue weighted by Crippen LogP contribution is -2.30. The van der Waals surface area contributed by atoms with Gasteiger partial charge in [-0.2, -0.15) is 0 Å². The maximum atomic E-state index is 11.2. The number of nitrogens with zero attached hydrogens (tertiary/aromatic N) is 5. The van der Waals surface area contributed by atoms with Gasteiger partial charge in [0.2, 0.25) is 0 Å². The van der Waals surface area contributed by atoms with Gasteiger partial charge in [-0.1, -0.05) is 17.8 Å². The second-order valence-electron chi connectivity index (χ2n) is 9.42. The quantitative estimate of drug-likeness (QED) is 0.115. The first kappa shape index (κ1) is 27.1. The van der Waals surface area contributed by atoms with Gasteiger partial charge in [0, 0.05) is 63.5 Å². The second-order valence-corrected chi connectivity index (χ2v) is 11.0. The minimum absolute atomic E-state index is 0.0239. The van der Waals surface area contributed by atoms with E-state index in [9.17, 15) is 20.2 Å². The fraction of sp³-hybridized carbons (Fsp3) is 0.0667. The van der Waals surface area contributed by atoms with Gasteiger partial charge in [0.25, 0.3) is 11.4 Å². The maximum Gasteiger partial charge on any atom is 0.269 e. The summed E-state index contributed by atoms with van der Waals surface area (Å²) < 4.78 is 2.01. The molecule has 1 saturated heterocycles. The van der Waals surface area contributed by atoms with Crippen molar-refractivity contribution >= 4 is 46.2 Å². The fourth-order valence-corrected chi connectivity index (χ4v) is 6.15. The molecular formula is C30H22N6O4S2. The van der Waals surface area contributed by atoms with Crippen molar-refractivity contribution in [3.8, 4) is 5.69 Å². The van der Waals surface area contributed by atoms with Crippen molar-refractivity contribution in [1.82, 2.24) is 14.9 Å². The maximum absolute atomic E-state index is 11.2. The average Bonchev–Trinajstić information content (AvgIpc) is 3.63. The summed E-state index contributed by atoms with van der Waals surface area (Å²) in [6.07, 6.45) is 3.68. The van der Waals surface area contributed by atoms with Crippen molar-refractivity contribution in [3.05, 3.63) is 147 Å². The number of benzene rings is 3. The van der Waals surface area contributed by atoms with Crippen LogP contribution in [0, 0.1) is 20.2 Å². The molecule has 12 heteroatoms. The Kier molecular flexibility index (Phi) is 7.38. The Hall–Kier alpha value is -5.07. The lowest BCUT2D eigenvalue weighted by atomic mass is 10.0. The minimum atomic E-state index is -0.415. The summed E-state index contributed by atoms with van der Waals surface area (Å²) in [6.45, 7) is 0. The molecule has 3 aromatic carbocycles. The molecule has 1 fully saturated rings. The molecule has 2 atom stereocenters. The van der Waals surface area contributed by atoms with Crippen LogP contribution in [0.3, 0.4) is 0 Å². The van der Waals surface area contributed by atoms with Crippen LogP contribution in [0.25, 0.3) is 5.69 Å². The number of anilines is 1. The van der Waals surface area contributed by atoms with Crippen molar-refractivity contribution in [2.45, 2.75) is 21.9 Å². The number of pyridine rings is 1. The standard InChI is InChI=1S/C30H22N6O4S2/c37-35(38)22-8-6-20(7-9-22)33-19-3-5-27(33)29-28(26-4-1-2-18-31-26)32-30(41)34(29)21-10-14-24(15-11-21)42-25-16-12-23(13-17-25)36(39)40/h1-19,28-29H,(H,32,41)/t28-,29+/m0/s1. The number of rotatable bonds is 8. The molecule has 0 unspecified atom stereocenters. The van der Waals surface area contributed by atoms with Crippen LogP contribution < -0.4 is 10.2 Å². The third-order valence-corrected chi connectivity index (χ3v) is 8.25. The summed E-state index contributed by atoms with van der Waals surface area (Å²) in [5, 5.41) is 26.2. The minimum Gasteiger partial charge on any atom is -0.351 e. The molecule has 1 N–H and O–H groups in total. The number of hydrogen-bond donors (Lipinski definition) is 1. The number of nitro groups is 2. The number of non-ortho nitro benzene ring substituents is 2. The molecular weight excluding hydrogens is 573 g/mol. The van der Waals surface area contributed by atoms with E-state index in [-0.39, 0.29) is 23.5 Å². The summed E-state index contributed by atoms with van der Waals surface area (Å²) in [6, 6.07) is 30.0. The second kappa shape index (κ2) is 11.4. The van der Waals surface area contributed by atoms with Crippen LogP contribution in [0.4, 0.5) is 17.1 Å². The summed E-state index contributed by atoms with van der Waals surface area (Å²) in [7, 11) is 0. The van der Waals surface area contributed by atoms with Crippen molar-refractivity contribution in [1.29, 1.82) is 0 Å². The number of nitrogens with one attached hydrogen (secondary N) is 1. The van der Waals surface area contributed by atoms with Crippen molar-refractivity contribution in [2.24, 2.45) is 0 Å². The van der Waals surface area contributed by atoms with Gasteiger partial charge in [-0.15, -0.1) is 0 Å². The predicted octanol–water partition coefficient (Wildman–Crippen LogP) is 7.02. The van der Waals surface area contributed by atoms with Crippen molar-refractivity contribution < 1.29 is 9.85 Å². The first-order valence-electron chi connectivity index (χ1n) is 12.8. The van der Waals surface area contributed by atoms with Crippen LogP contribution in [0.5, 0.6) is 0 Å². The molecule has 208 valence electrons. The first-order chi connectivity index (χ1) is 20.4. The van der Waals surface area contributed by atoms with E-state index in [1.807, 2.05) is 65.4 Å². The molecule has 5 aromatic rings. The Morgan fingerprint density at radius 2 is 1.36 bits per heavy atom. The molecule has 1 aliphatic rings. The molecule has 0 saturated carbocycles. The Balaban J connectivity index is 1.35. The summed E-state index contributed by atoms with van der Waals surface area (Å²) in [5.74, 6) is 0. The van der Waals surface area contributed by atoms with Crippen LogP contribution in [0.15, 0.2) is 125 Å². The van der Waals surface area contributed by atoms with Gasteiger partial charge in [-0.05, 0) is 85.0 Å². The number of nitro benzene ring substituents is 2. The molecule has 6 rings (SSSR count). The smallest absolute Gasteiger partial charge is 0.269 e. The van der Waals surface area contributed by atoms with E-state index in [0.29, 0.717) is 5.11 Å². The molecule has 1 aliphatic heterocycles. The van der Waals surface area contributed by atoms with Crippen molar-refractivity contribution in [3.63, 3.8) is 0 Å².